The molecule has 0 heterocycles. The molecule has 0 nitrogen and oxygen atoms in total. The van der Waals surface area contributed by atoms with Crippen molar-refractivity contribution in [3.63, 3.8) is 0 Å². The summed E-state index contributed by atoms with van der Waals surface area (Å²) in [6.45, 7) is 3.67. The van der Waals surface area contributed by atoms with Crippen LogP contribution in [0.15, 0.2) is 41.4 Å². The van der Waals surface area contributed by atoms with Gasteiger partial charge in [0.2, 0.25) is 0 Å². The van der Waals surface area contributed by atoms with Crippen LogP contribution in [-0.2, 0) is 6.42 Å². The van der Waals surface area contributed by atoms with Gasteiger partial charge in [-0.2, -0.15) is 0 Å². The first-order valence-corrected chi connectivity index (χ1v) is 3.97. The number of hydrogen-bond donors (Lipinski definition) is 0. The van der Waals surface area contributed by atoms with Crippen molar-refractivity contribution in [1.82, 2.24) is 0 Å². The highest BCUT2D eigenvalue weighted by Gasteiger charge is 1.88. The third-order valence-corrected chi connectivity index (χ3v) is 1.76. The summed E-state index contributed by atoms with van der Waals surface area (Å²) >= 11 is 3.40. The fourth-order valence-electron chi connectivity index (χ4n) is 0.831. The molecule has 0 saturated heterocycles. The lowest BCUT2D eigenvalue weighted by atomic mass is 10.2. The van der Waals surface area contributed by atoms with E-state index in [1.807, 2.05) is 18.2 Å². The van der Waals surface area contributed by atoms with Gasteiger partial charge in [-0.25, -0.2) is 0 Å². The van der Waals surface area contributed by atoms with Crippen LogP contribution in [0.2, 0.25) is 0 Å². The number of rotatable bonds is 2. The lowest BCUT2D eigenvalue weighted by Crippen LogP contribution is -1.77. The third kappa shape index (κ3) is 1.99. The predicted molar refractivity (Wildman–Crippen MR) is 48.0 cm³/mol. The first-order valence-electron chi connectivity index (χ1n) is 3.18. The van der Waals surface area contributed by atoms with Crippen LogP contribution in [-0.4, -0.2) is 0 Å². The van der Waals surface area contributed by atoms with Crippen LogP contribution in [0.4, 0.5) is 0 Å². The summed E-state index contributed by atoms with van der Waals surface area (Å²) in [5.41, 5.74) is 1.30. The van der Waals surface area contributed by atoms with Crippen LogP contribution in [0, 0.1) is 0 Å². The van der Waals surface area contributed by atoms with E-state index in [0.29, 0.717) is 0 Å². The molecule has 1 aromatic rings. The Morgan fingerprint density at radius 2 is 2.30 bits per heavy atom. The topological polar surface area (TPSA) is 0 Å². The molecule has 0 atom stereocenters. The van der Waals surface area contributed by atoms with Gasteiger partial charge < -0.3 is 0 Å². The molecule has 0 unspecified atom stereocenters. The van der Waals surface area contributed by atoms with Gasteiger partial charge in [-0.05, 0) is 24.1 Å². The molecule has 0 amide bonds. The molecule has 1 heteroatoms. The van der Waals surface area contributed by atoms with E-state index >= 15 is 0 Å². The van der Waals surface area contributed by atoms with Crippen LogP contribution < -0.4 is 0 Å². The Kier molecular flexibility index (Phi) is 2.69. The number of benzene rings is 1. The second-order valence-corrected chi connectivity index (χ2v) is 3.04. The Bertz CT molecular complexity index is 228. The van der Waals surface area contributed by atoms with Gasteiger partial charge in [0.05, 0.1) is 0 Å². The first kappa shape index (κ1) is 7.55. The fourth-order valence-corrected chi connectivity index (χ4v) is 1.28. The molecule has 1 rings (SSSR count). The second-order valence-electron chi connectivity index (χ2n) is 2.12. The van der Waals surface area contributed by atoms with Crippen LogP contribution in [0.25, 0.3) is 0 Å². The highest BCUT2D eigenvalue weighted by molar-refractivity contribution is 9.10. The Labute approximate surface area is 69.7 Å². The van der Waals surface area contributed by atoms with Crippen molar-refractivity contribution in [3.05, 3.63) is 47.0 Å². The smallest absolute Gasteiger partial charge is 0.0178 e. The van der Waals surface area contributed by atoms with Gasteiger partial charge in [0, 0.05) is 4.47 Å². The summed E-state index contributed by atoms with van der Waals surface area (Å²) in [7, 11) is 0. The van der Waals surface area contributed by atoms with E-state index in [-0.39, 0.29) is 0 Å². The minimum absolute atomic E-state index is 0.944. The maximum Gasteiger partial charge on any atom is 0.0178 e. The molecule has 0 aliphatic rings. The summed E-state index contributed by atoms with van der Waals surface area (Å²) in [5, 5.41) is 0. The highest BCUT2D eigenvalue weighted by Crippen LogP contribution is 2.11. The van der Waals surface area contributed by atoms with Crippen molar-refractivity contribution in [3.8, 4) is 0 Å². The van der Waals surface area contributed by atoms with Gasteiger partial charge in [0.25, 0.3) is 0 Å². The van der Waals surface area contributed by atoms with E-state index < -0.39 is 0 Å². The zero-order chi connectivity index (χ0) is 7.40. The van der Waals surface area contributed by atoms with Crippen molar-refractivity contribution < 1.29 is 0 Å². The quantitative estimate of drug-likeness (QED) is 0.638. The Morgan fingerprint density at radius 1 is 1.50 bits per heavy atom. The minimum atomic E-state index is 0.944. The molecule has 1 aromatic carbocycles. The van der Waals surface area contributed by atoms with E-state index in [0.717, 1.165) is 10.9 Å². The maximum atomic E-state index is 3.67. The number of halogens is 1. The molecule has 0 bridgehead atoms. The van der Waals surface area contributed by atoms with Gasteiger partial charge in [-0.15, -0.1) is 6.58 Å². The fraction of sp³-hybridized carbons (Fsp3) is 0.111. The zero-order valence-corrected chi connectivity index (χ0v) is 7.26. The SMILES string of the molecule is C=CCc1cccc(Br)c1. The van der Waals surface area contributed by atoms with Gasteiger partial charge in [-0.1, -0.05) is 34.1 Å². The molecule has 10 heavy (non-hydrogen) atoms. The largest absolute Gasteiger partial charge is 0.103 e. The summed E-state index contributed by atoms with van der Waals surface area (Å²) in [5.74, 6) is 0. The average molecular weight is 197 g/mol. The van der Waals surface area contributed by atoms with E-state index in [2.05, 4.69) is 34.6 Å². The van der Waals surface area contributed by atoms with Crippen molar-refractivity contribution in [2.75, 3.05) is 0 Å². The Hall–Kier alpha value is -0.560. The maximum absolute atomic E-state index is 3.67. The van der Waals surface area contributed by atoms with Crippen LogP contribution in [0.3, 0.4) is 0 Å². The van der Waals surface area contributed by atoms with Crippen LogP contribution >= 0.6 is 15.9 Å². The lowest BCUT2D eigenvalue weighted by Gasteiger charge is -1.95. The van der Waals surface area contributed by atoms with Crippen molar-refractivity contribution >= 4 is 15.9 Å². The van der Waals surface area contributed by atoms with Gasteiger partial charge in [-0.3, -0.25) is 0 Å². The van der Waals surface area contributed by atoms with Gasteiger partial charge in [0.1, 0.15) is 0 Å². The summed E-state index contributed by atoms with van der Waals surface area (Å²) in [6.07, 6.45) is 2.85. The van der Waals surface area contributed by atoms with Crippen molar-refractivity contribution in [1.29, 1.82) is 0 Å². The standard InChI is InChI=1S/C9H9Br/c1-2-4-8-5-3-6-9(10)7-8/h2-3,5-7H,1,4H2. The van der Waals surface area contributed by atoms with Gasteiger partial charge >= 0.3 is 0 Å². The zero-order valence-electron chi connectivity index (χ0n) is 5.68. The molecule has 0 aliphatic heterocycles. The Morgan fingerprint density at radius 3 is 2.90 bits per heavy atom. The molecule has 0 saturated carbocycles. The molecular weight excluding hydrogens is 188 g/mol. The molecule has 0 radical (unpaired) electrons. The second kappa shape index (κ2) is 3.57. The summed E-state index contributed by atoms with van der Waals surface area (Å²) < 4.78 is 1.13. The highest BCUT2D eigenvalue weighted by atomic mass is 79.9. The summed E-state index contributed by atoms with van der Waals surface area (Å²) in [4.78, 5) is 0. The van der Waals surface area contributed by atoms with E-state index in [9.17, 15) is 0 Å². The molecule has 52 valence electrons. The molecule has 0 aromatic heterocycles. The Balaban J connectivity index is 2.84. The van der Waals surface area contributed by atoms with E-state index in [1.54, 1.807) is 0 Å². The monoisotopic (exact) mass is 196 g/mol. The van der Waals surface area contributed by atoms with Crippen LogP contribution in [0.1, 0.15) is 5.56 Å². The first-order chi connectivity index (χ1) is 4.83. The normalized spacial score (nSPS) is 9.30. The molecular formula is C9H9Br. The van der Waals surface area contributed by atoms with Crippen LogP contribution in [0.5, 0.6) is 0 Å². The van der Waals surface area contributed by atoms with Gasteiger partial charge in [0.15, 0.2) is 0 Å². The molecule has 0 aliphatic carbocycles. The molecule has 0 fully saturated rings. The third-order valence-electron chi connectivity index (χ3n) is 1.27. The van der Waals surface area contributed by atoms with Crippen molar-refractivity contribution in [2.24, 2.45) is 0 Å². The predicted octanol–water partition coefficient (Wildman–Crippen LogP) is 3.18. The van der Waals surface area contributed by atoms with Crippen molar-refractivity contribution in [2.45, 2.75) is 6.42 Å². The average Bonchev–Trinajstić information content (AvgIpc) is 1.88. The minimum Gasteiger partial charge on any atom is -0.103 e. The molecule has 0 spiro atoms. The van der Waals surface area contributed by atoms with E-state index in [1.165, 1.54) is 5.56 Å². The number of hydrogen-bond acceptors (Lipinski definition) is 0. The molecule has 0 N–H and O–H groups in total. The lowest BCUT2D eigenvalue weighted by molar-refractivity contribution is 1.27. The van der Waals surface area contributed by atoms with E-state index in [4.69, 9.17) is 0 Å². The number of allylic oxidation sites excluding steroid dienone is 1. The summed E-state index contributed by atoms with van der Waals surface area (Å²) in [6, 6.07) is 8.24.